The van der Waals surface area contributed by atoms with Crippen LogP contribution in [0, 0.1) is 0 Å². The molecule has 0 amide bonds. The number of rotatable bonds is 6. The summed E-state index contributed by atoms with van der Waals surface area (Å²) in [5.74, 6) is 0.0678. The van der Waals surface area contributed by atoms with E-state index in [1.807, 2.05) is 0 Å². The normalized spacial score (nSPS) is 11.3. The molecule has 22 heavy (non-hydrogen) atoms. The fourth-order valence-electron chi connectivity index (χ4n) is 1.91. The first-order valence-electron chi connectivity index (χ1n) is 6.31. The van der Waals surface area contributed by atoms with Crippen molar-refractivity contribution in [1.29, 1.82) is 0 Å². The largest absolute Gasteiger partial charge is 0.435 e. The summed E-state index contributed by atoms with van der Waals surface area (Å²) in [5.41, 5.74) is 7.38. The molecule has 0 atom stereocenters. The molecule has 7 heteroatoms. The maximum atomic E-state index is 12.1. The lowest BCUT2D eigenvalue weighted by molar-refractivity contribution is -0.0505. The van der Waals surface area contributed by atoms with E-state index in [1.54, 1.807) is 24.3 Å². The van der Waals surface area contributed by atoms with E-state index in [2.05, 4.69) is 9.47 Å². The van der Waals surface area contributed by atoms with Gasteiger partial charge in [-0.05, 0) is 35.4 Å². The molecular weight excluding hydrogens is 302 g/mol. The van der Waals surface area contributed by atoms with Gasteiger partial charge in [0.1, 0.15) is 11.5 Å². The summed E-state index contributed by atoms with van der Waals surface area (Å²) in [4.78, 5) is 0. The highest BCUT2D eigenvalue weighted by Gasteiger charge is 2.11. The maximum absolute atomic E-state index is 12.1. The van der Waals surface area contributed by atoms with Crippen LogP contribution in [0.4, 0.5) is 17.6 Å². The molecule has 0 saturated carbocycles. The van der Waals surface area contributed by atoms with Gasteiger partial charge in [-0.25, -0.2) is 0 Å². The molecule has 3 nitrogen and oxygen atoms in total. The van der Waals surface area contributed by atoms with Gasteiger partial charge in [0, 0.05) is 0 Å². The summed E-state index contributed by atoms with van der Waals surface area (Å²) in [7, 11) is 0. The Morgan fingerprint density at radius 1 is 0.636 bits per heavy atom. The summed E-state index contributed by atoms with van der Waals surface area (Å²) in [5, 5.41) is 0. The molecule has 0 aromatic heterocycles. The zero-order chi connectivity index (χ0) is 16.1. The molecule has 0 heterocycles. The summed E-state index contributed by atoms with van der Waals surface area (Å²) < 4.78 is 56.7. The van der Waals surface area contributed by atoms with Crippen LogP contribution in [-0.4, -0.2) is 13.2 Å². The highest BCUT2D eigenvalue weighted by atomic mass is 19.3. The van der Waals surface area contributed by atoms with Gasteiger partial charge in [0.25, 0.3) is 0 Å². The number of benzene rings is 2. The van der Waals surface area contributed by atoms with E-state index in [4.69, 9.17) is 5.73 Å². The predicted molar refractivity (Wildman–Crippen MR) is 72.2 cm³/mol. The van der Waals surface area contributed by atoms with Crippen molar-refractivity contribution in [3.8, 4) is 11.5 Å². The van der Waals surface area contributed by atoms with Crippen LogP contribution in [0.5, 0.6) is 11.5 Å². The number of nitrogens with two attached hydrogens (primary N) is 1. The van der Waals surface area contributed by atoms with E-state index in [9.17, 15) is 17.6 Å². The number of hydrogen-bond donors (Lipinski definition) is 1. The third-order valence-electron chi connectivity index (χ3n) is 2.93. The van der Waals surface area contributed by atoms with Crippen molar-refractivity contribution < 1.29 is 27.0 Å². The Kier molecular flexibility index (Phi) is 5.21. The topological polar surface area (TPSA) is 44.5 Å². The first kappa shape index (κ1) is 16.1. The van der Waals surface area contributed by atoms with Crippen molar-refractivity contribution in [3.63, 3.8) is 0 Å². The van der Waals surface area contributed by atoms with Gasteiger partial charge in [0.05, 0.1) is 6.04 Å². The molecule has 0 bridgehead atoms. The minimum Gasteiger partial charge on any atom is -0.435 e. The molecule has 0 aliphatic carbocycles. The average molecular weight is 315 g/mol. The van der Waals surface area contributed by atoms with E-state index in [-0.39, 0.29) is 11.5 Å². The van der Waals surface area contributed by atoms with Crippen LogP contribution in [0.2, 0.25) is 0 Å². The lowest BCUT2D eigenvalue weighted by atomic mass is 9.99. The number of halogens is 4. The summed E-state index contributed by atoms with van der Waals surface area (Å²) in [6.45, 7) is -5.77. The van der Waals surface area contributed by atoms with Crippen molar-refractivity contribution in [2.45, 2.75) is 19.3 Å². The van der Waals surface area contributed by atoms with E-state index < -0.39 is 19.3 Å². The highest BCUT2D eigenvalue weighted by molar-refractivity contribution is 5.37. The molecule has 0 fully saturated rings. The molecule has 0 spiro atoms. The van der Waals surface area contributed by atoms with Crippen molar-refractivity contribution in [2.24, 2.45) is 5.73 Å². The zero-order valence-electron chi connectivity index (χ0n) is 11.3. The Morgan fingerprint density at radius 2 is 0.955 bits per heavy atom. The second-order valence-corrected chi connectivity index (χ2v) is 4.37. The Hall–Kier alpha value is -2.28. The fraction of sp³-hybridized carbons (Fsp3) is 0.200. The first-order chi connectivity index (χ1) is 10.5. The minimum atomic E-state index is -2.89. The molecule has 0 aliphatic rings. The van der Waals surface area contributed by atoms with Crippen LogP contribution in [0.1, 0.15) is 17.2 Å². The number of ether oxygens (including phenoxy) is 2. The van der Waals surface area contributed by atoms with Crippen LogP contribution in [0.25, 0.3) is 0 Å². The van der Waals surface area contributed by atoms with Gasteiger partial charge in [0.15, 0.2) is 0 Å². The molecule has 0 unspecified atom stereocenters. The van der Waals surface area contributed by atoms with Crippen LogP contribution in [-0.2, 0) is 0 Å². The van der Waals surface area contributed by atoms with Crippen molar-refractivity contribution >= 4 is 0 Å². The zero-order valence-corrected chi connectivity index (χ0v) is 11.3. The molecule has 2 aromatic carbocycles. The first-order valence-corrected chi connectivity index (χ1v) is 6.31. The lowest BCUT2D eigenvalue weighted by Gasteiger charge is -2.14. The minimum absolute atomic E-state index is 0.0339. The summed E-state index contributed by atoms with van der Waals surface area (Å²) in [6, 6.07) is 11.3. The van der Waals surface area contributed by atoms with E-state index >= 15 is 0 Å². The van der Waals surface area contributed by atoms with Crippen LogP contribution in [0.15, 0.2) is 48.5 Å². The molecule has 0 radical (unpaired) electrons. The fourth-order valence-corrected chi connectivity index (χ4v) is 1.91. The van der Waals surface area contributed by atoms with Crippen LogP contribution < -0.4 is 15.2 Å². The van der Waals surface area contributed by atoms with Crippen molar-refractivity contribution in [3.05, 3.63) is 59.7 Å². The Balaban J connectivity index is 2.08. The average Bonchev–Trinajstić information content (AvgIpc) is 2.47. The Morgan fingerprint density at radius 3 is 1.23 bits per heavy atom. The van der Waals surface area contributed by atoms with Gasteiger partial charge in [-0.15, -0.1) is 0 Å². The lowest BCUT2D eigenvalue weighted by Crippen LogP contribution is -2.12. The SMILES string of the molecule is NC(c1ccc(OC(F)F)cc1)c1ccc(OC(F)F)cc1. The van der Waals surface area contributed by atoms with E-state index in [0.717, 1.165) is 0 Å². The molecule has 2 N–H and O–H groups in total. The quantitative estimate of drug-likeness (QED) is 0.821. The summed E-state index contributed by atoms with van der Waals surface area (Å²) in [6.07, 6.45) is 0. The smallest absolute Gasteiger partial charge is 0.387 e. The third-order valence-corrected chi connectivity index (χ3v) is 2.93. The molecule has 0 saturated heterocycles. The molecule has 2 rings (SSSR count). The van der Waals surface area contributed by atoms with Gasteiger partial charge in [0.2, 0.25) is 0 Å². The number of hydrogen-bond acceptors (Lipinski definition) is 3. The van der Waals surface area contributed by atoms with Crippen LogP contribution >= 0.6 is 0 Å². The van der Waals surface area contributed by atoms with E-state index in [0.29, 0.717) is 11.1 Å². The molecule has 0 aliphatic heterocycles. The molecule has 2 aromatic rings. The van der Waals surface area contributed by atoms with Gasteiger partial charge in [-0.2, -0.15) is 17.6 Å². The summed E-state index contributed by atoms with van der Waals surface area (Å²) >= 11 is 0. The standard InChI is InChI=1S/C15H13F4NO2/c16-14(17)21-11-5-1-9(2-6-11)13(20)10-3-7-12(8-4-10)22-15(18)19/h1-8,13-15H,20H2. The van der Waals surface area contributed by atoms with Gasteiger partial charge in [-0.3, -0.25) is 0 Å². The Bertz CT molecular complexity index is 534. The second-order valence-electron chi connectivity index (χ2n) is 4.37. The van der Waals surface area contributed by atoms with Gasteiger partial charge in [-0.1, -0.05) is 24.3 Å². The third kappa shape index (κ3) is 4.36. The molecule has 118 valence electrons. The molecular formula is C15H13F4NO2. The van der Waals surface area contributed by atoms with Crippen LogP contribution in [0.3, 0.4) is 0 Å². The van der Waals surface area contributed by atoms with Crippen molar-refractivity contribution in [1.82, 2.24) is 0 Å². The maximum Gasteiger partial charge on any atom is 0.387 e. The van der Waals surface area contributed by atoms with E-state index in [1.165, 1.54) is 24.3 Å². The van der Waals surface area contributed by atoms with Gasteiger partial charge < -0.3 is 15.2 Å². The monoisotopic (exact) mass is 315 g/mol. The highest BCUT2D eigenvalue weighted by Crippen LogP contribution is 2.25. The van der Waals surface area contributed by atoms with Crippen molar-refractivity contribution in [2.75, 3.05) is 0 Å². The Labute approximate surface area is 124 Å². The van der Waals surface area contributed by atoms with Gasteiger partial charge >= 0.3 is 13.2 Å². The predicted octanol–water partition coefficient (Wildman–Crippen LogP) is 3.94. The number of alkyl halides is 4. The second kappa shape index (κ2) is 7.13.